The Kier molecular flexibility index (Phi) is 3.43. The van der Waals surface area contributed by atoms with Crippen molar-refractivity contribution in [2.45, 2.75) is 12.1 Å². The summed E-state index contributed by atoms with van der Waals surface area (Å²) in [5, 5.41) is 18.1. The van der Waals surface area contributed by atoms with Crippen LogP contribution in [-0.2, 0) is 4.79 Å². The van der Waals surface area contributed by atoms with Crippen LogP contribution in [0.1, 0.15) is 5.56 Å². The van der Waals surface area contributed by atoms with E-state index in [4.69, 9.17) is 4.42 Å². The Hall–Kier alpha value is -1.82. The van der Waals surface area contributed by atoms with Gasteiger partial charge in [-0.05, 0) is 19.1 Å². The lowest BCUT2D eigenvalue weighted by Gasteiger charge is -1.97. The van der Waals surface area contributed by atoms with E-state index in [-0.39, 0.29) is 11.0 Å². The molecule has 6 heteroatoms. The van der Waals surface area contributed by atoms with Gasteiger partial charge in [0.25, 0.3) is 5.22 Å². The molecule has 0 bridgehead atoms. The van der Waals surface area contributed by atoms with E-state index in [2.05, 4.69) is 10.2 Å². The molecule has 0 atom stereocenters. The van der Waals surface area contributed by atoms with Crippen LogP contribution in [-0.4, -0.2) is 21.9 Å². The Labute approximate surface area is 102 Å². The van der Waals surface area contributed by atoms with Crippen LogP contribution >= 0.6 is 11.8 Å². The summed E-state index contributed by atoms with van der Waals surface area (Å²) >= 11 is 0.945. The average Bonchev–Trinajstić information content (AvgIpc) is 2.76. The molecule has 0 N–H and O–H groups in total. The molecule has 17 heavy (non-hydrogen) atoms. The van der Waals surface area contributed by atoms with Gasteiger partial charge in [0, 0.05) is 11.3 Å². The number of hydrogen-bond donors (Lipinski definition) is 0. The zero-order valence-electron chi connectivity index (χ0n) is 9.04. The van der Waals surface area contributed by atoms with Crippen molar-refractivity contribution in [3.05, 3.63) is 29.8 Å². The summed E-state index contributed by atoms with van der Waals surface area (Å²) in [5.41, 5.74) is 1.95. The highest BCUT2D eigenvalue weighted by atomic mass is 32.2. The third-order valence-corrected chi connectivity index (χ3v) is 2.81. The highest BCUT2D eigenvalue weighted by Gasteiger charge is 2.08. The molecule has 0 aliphatic rings. The van der Waals surface area contributed by atoms with Crippen molar-refractivity contribution in [2.24, 2.45) is 0 Å². The molecule has 5 nitrogen and oxygen atoms in total. The minimum Gasteiger partial charge on any atom is -0.549 e. The molecule has 0 unspecified atom stereocenters. The molecule has 1 aromatic heterocycles. The average molecular weight is 249 g/mol. The molecule has 1 heterocycles. The van der Waals surface area contributed by atoms with Gasteiger partial charge in [0.1, 0.15) is 0 Å². The van der Waals surface area contributed by atoms with Gasteiger partial charge >= 0.3 is 0 Å². The van der Waals surface area contributed by atoms with E-state index in [0.29, 0.717) is 5.89 Å². The maximum atomic E-state index is 10.3. The van der Waals surface area contributed by atoms with Gasteiger partial charge < -0.3 is 14.3 Å². The zero-order chi connectivity index (χ0) is 12.3. The number of rotatable bonds is 4. The molecule has 88 valence electrons. The molecule has 0 aliphatic heterocycles. The Morgan fingerprint density at radius 2 is 2.06 bits per heavy atom. The largest absolute Gasteiger partial charge is 0.549 e. The summed E-state index contributed by atoms with van der Waals surface area (Å²) in [5.74, 6) is -0.980. The topological polar surface area (TPSA) is 79.0 Å². The van der Waals surface area contributed by atoms with Crippen molar-refractivity contribution >= 4 is 17.7 Å². The van der Waals surface area contributed by atoms with Crippen molar-refractivity contribution in [1.29, 1.82) is 0 Å². The zero-order valence-corrected chi connectivity index (χ0v) is 9.86. The second-order valence-electron chi connectivity index (χ2n) is 3.40. The fraction of sp³-hybridized carbons (Fsp3) is 0.182. The Morgan fingerprint density at radius 1 is 1.35 bits per heavy atom. The number of aromatic nitrogens is 2. The lowest BCUT2D eigenvalue weighted by molar-refractivity contribution is -0.301. The molecule has 0 fully saturated rings. The number of carboxylic acid groups (broad SMARTS) is 1. The van der Waals surface area contributed by atoms with Crippen molar-refractivity contribution in [3.63, 3.8) is 0 Å². The first-order valence-corrected chi connectivity index (χ1v) is 5.87. The number of carbonyl (C=O) groups excluding carboxylic acids is 1. The van der Waals surface area contributed by atoms with Gasteiger partial charge in [-0.3, -0.25) is 0 Å². The molecule has 2 aromatic rings. The molecule has 0 saturated heterocycles. The summed E-state index contributed by atoms with van der Waals surface area (Å²) in [4.78, 5) is 10.3. The maximum absolute atomic E-state index is 10.3. The smallest absolute Gasteiger partial charge is 0.277 e. The van der Waals surface area contributed by atoms with Gasteiger partial charge in [-0.25, -0.2) is 0 Å². The predicted octanol–water partition coefficient (Wildman–Crippen LogP) is 0.887. The molecule has 0 aliphatic carbocycles. The summed E-state index contributed by atoms with van der Waals surface area (Å²) in [6, 6.07) is 7.62. The van der Waals surface area contributed by atoms with Gasteiger partial charge in [-0.2, -0.15) is 0 Å². The maximum Gasteiger partial charge on any atom is 0.277 e. The first-order chi connectivity index (χ1) is 8.15. The second-order valence-corrected chi connectivity index (χ2v) is 4.33. The minimum atomic E-state index is -1.16. The van der Waals surface area contributed by atoms with Crippen LogP contribution in [0.2, 0.25) is 0 Å². The number of nitrogens with zero attached hydrogens (tertiary/aromatic N) is 2. The number of hydrogen-bond acceptors (Lipinski definition) is 6. The molecular weight excluding hydrogens is 240 g/mol. The summed E-state index contributed by atoms with van der Waals surface area (Å²) < 4.78 is 5.31. The Balaban J connectivity index is 2.12. The van der Waals surface area contributed by atoms with Gasteiger partial charge in [0.15, 0.2) is 0 Å². The van der Waals surface area contributed by atoms with E-state index in [1.165, 1.54) is 0 Å². The van der Waals surface area contributed by atoms with E-state index < -0.39 is 5.97 Å². The van der Waals surface area contributed by atoms with Crippen molar-refractivity contribution in [1.82, 2.24) is 10.2 Å². The monoisotopic (exact) mass is 249 g/mol. The Bertz CT molecular complexity index is 522. The van der Waals surface area contributed by atoms with Gasteiger partial charge in [0.05, 0.1) is 5.97 Å². The Morgan fingerprint density at radius 3 is 2.71 bits per heavy atom. The van der Waals surface area contributed by atoms with E-state index in [0.717, 1.165) is 22.9 Å². The number of carbonyl (C=O) groups is 1. The highest BCUT2D eigenvalue weighted by Crippen LogP contribution is 2.22. The summed E-state index contributed by atoms with van der Waals surface area (Å²) in [6.45, 7) is 1.98. The normalized spacial score (nSPS) is 10.4. The van der Waals surface area contributed by atoms with Gasteiger partial charge in [0.2, 0.25) is 5.89 Å². The third kappa shape index (κ3) is 3.07. The molecule has 0 saturated carbocycles. The molecule has 0 radical (unpaired) electrons. The first-order valence-electron chi connectivity index (χ1n) is 4.88. The van der Waals surface area contributed by atoms with Crippen molar-refractivity contribution in [3.8, 4) is 11.5 Å². The van der Waals surface area contributed by atoms with E-state index in [9.17, 15) is 9.90 Å². The molecule has 2 rings (SSSR count). The van der Waals surface area contributed by atoms with Crippen LogP contribution in [0.25, 0.3) is 11.5 Å². The van der Waals surface area contributed by atoms with Gasteiger partial charge in [-0.1, -0.05) is 29.5 Å². The molecule has 0 amide bonds. The van der Waals surface area contributed by atoms with Crippen LogP contribution in [0, 0.1) is 6.92 Å². The standard InChI is InChI=1S/C11H10N2O3S/c1-7-2-4-8(5-3-7)10-12-13-11(16-10)17-6-9(14)15/h2-5H,6H2,1H3,(H,14,15)/p-1. The van der Waals surface area contributed by atoms with Crippen LogP contribution in [0.15, 0.2) is 33.9 Å². The number of aliphatic carboxylic acids is 1. The fourth-order valence-corrected chi connectivity index (χ4v) is 1.68. The first kappa shape index (κ1) is 11.7. The minimum absolute atomic E-state index is 0.199. The van der Waals surface area contributed by atoms with Crippen molar-refractivity contribution < 1.29 is 14.3 Å². The van der Waals surface area contributed by atoms with E-state index in [1.54, 1.807) is 0 Å². The molecule has 0 spiro atoms. The third-order valence-electron chi connectivity index (χ3n) is 2.02. The van der Waals surface area contributed by atoms with Crippen molar-refractivity contribution in [2.75, 3.05) is 5.75 Å². The fourth-order valence-electron chi connectivity index (χ4n) is 1.20. The number of aryl methyl sites for hydroxylation is 1. The van der Waals surface area contributed by atoms with Crippen LogP contribution in [0.3, 0.4) is 0 Å². The number of benzene rings is 1. The van der Waals surface area contributed by atoms with Gasteiger partial charge in [-0.15, -0.1) is 10.2 Å². The van der Waals surface area contributed by atoms with E-state index in [1.807, 2.05) is 31.2 Å². The van der Waals surface area contributed by atoms with Crippen LogP contribution in [0.4, 0.5) is 0 Å². The highest BCUT2D eigenvalue weighted by molar-refractivity contribution is 7.99. The second kappa shape index (κ2) is 5.01. The van der Waals surface area contributed by atoms with Crippen LogP contribution in [0.5, 0.6) is 0 Å². The lowest BCUT2D eigenvalue weighted by atomic mass is 10.1. The summed E-state index contributed by atoms with van der Waals surface area (Å²) in [7, 11) is 0. The van der Waals surface area contributed by atoms with Crippen LogP contribution < -0.4 is 5.11 Å². The lowest BCUT2D eigenvalue weighted by Crippen LogP contribution is -2.24. The summed E-state index contributed by atoms with van der Waals surface area (Å²) in [6.07, 6.45) is 0. The number of carboxylic acids is 1. The van der Waals surface area contributed by atoms with E-state index >= 15 is 0 Å². The molecular formula is C11H9N2O3S-. The SMILES string of the molecule is Cc1ccc(-c2nnc(SCC(=O)[O-])o2)cc1. The predicted molar refractivity (Wildman–Crippen MR) is 60.2 cm³/mol. The quantitative estimate of drug-likeness (QED) is 0.749. The number of thioether (sulfide) groups is 1. The molecule has 1 aromatic carbocycles.